The van der Waals surface area contributed by atoms with Gasteiger partial charge in [0, 0.05) is 44.0 Å². The van der Waals surface area contributed by atoms with Gasteiger partial charge in [0.05, 0.1) is 13.2 Å². The number of carbonyl (C=O) groups excluding carboxylic acids is 1. The predicted molar refractivity (Wildman–Crippen MR) is 83.4 cm³/mol. The van der Waals surface area contributed by atoms with Crippen LogP contribution >= 0.6 is 11.8 Å². The summed E-state index contributed by atoms with van der Waals surface area (Å²) < 4.78 is 5.39. The van der Waals surface area contributed by atoms with Crippen LogP contribution in [0, 0.1) is 0 Å². The van der Waals surface area contributed by atoms with Crippen LogP contribution in [0.15, 0.2) is 0 Å². The van der Waals surface area contributed by atoms with Gasteiger partial charge in [-0.1, -0.05) is 0 Å². The fourth-order valence-corrected chi connectivity index (χ4v) is 3.52. The van der Waals surface area contributed by atoms with Gasteiger partial charge in [-0.05, 0) is 26.0 Å². The summed E-state index contributed by atoms with van der Waals surface area (Å²) in [6.07, 6.45) is 1.10. The highest BCUT2D eigenvalue weighted by molar-refractivity contribution is 7.99. The van der Waals surface area contributed by atoms with E-state index in [1.54, 1.807) is 0 Å². The van der Waals surface area contributed by atoms with Crippen molar-refractivity contribution in [1.29, 1.82) is 0 Å². The lowest BCUT2D eigenvalue weighted by atomic mass is 10.0. The monoisotopic (exact) mass is 301 g/mol. The Kier molecular flexibility index (Phi) is 5.99. The first-order valence-corrected chi connectivity index (χ1v) is 8.68. The summed E-state index contributed by atoms with van der Waals surface area (Å²) in [7, 11) is 0. The lowest BCUT2D eigenvalue weighted by Gasteiger charge is -2.41. The van der Waals surface area contributed by atoms with Crippen LogP contribution in [0.4, 0.5) is 4.79 Å². The average Bonchev–Trinajstić information content (AvgIpc) is 2.75. The Morgan fingerprint density at radius 2 is 1.95 bits per heavy atom. The zero-order chi connectivity index (χ0) is 14.4. The normalized spacial score (nSPS) is 22.4. The van der Waals surface area contributed by atoms with Crippen molar-refractivity contribution in [2.45, 2.75) is 25.8 Å². The van der Waals surface area contributed by atoms with E-state index in [1.807, 2.05) is 16.7 Å². The van der Waals surface area contributed by atoms with Crippen LogP contribution in [-0.4, -0.2) is 78.8 Å². The van der Waals surface area contributed by atoms with E-state index >= 15 is 0 Å². The van der Waals surface area contributed by atoms with Crippen LogP contribution in [0.3, 0.4) is 0 Å². The van der Waals surface area contributed by atoms with Crippen molar-refractivity contribution >= 4 is 17.8 Å². The third-order valence-corrected chi connectivity index (χ3v) is 5.10. The lowest BCUT2D eigenvalue weighted by molar-refractivity contribution is -0.00902. The molecular weight excluding hydrogens is 274 g/mol. The third-order valence-electron chi connectivity index (χ3n) is 4.05. The summed E-state index contributed by atoms with van der Waals surface area (Å²) in [6, 6.07) is 0.0915. The summed E-state index contributed by atoms with van der Waals surface area (Å²) in [4.78, 5) is 16.6. The predicted octanol–water partition coefficient (Wildman–Crippen LogP) is 1.25. The fourth-order valence-electron chi connectivity index (χ4n) is 2.63. The van der Waals surface area contributed by atoms with Gasteiger partial charge in [0.1, 0.15) is 0 Å². The van der Waals surface area contributed by atoms with Crippen LogP contribution in [0.1, 0.15) is 20.3 Å². The molecule has 5 nitrogen and oxygen atoms in total. The number of carbonyl (C=O) groups is 1. The molecule has 2 amide bonds. The van der Waals surface area contributed by atoms with Crippen molar-refractivity contribution in [3.05, 3.63) is 0 Å². The van der Waals surface area contributed by atoms with E-state index in [-0.39, 0.29) is 11.6 Å². The molecule has 2 aliphatic heterocycles. The number of urea groups is 1. The van der Waals surface area contributed by atoms with Gasteiger partial charge in [0.15, 0.2) is 0 Å². The maximum absolute atomic E-state index is 12.2. The fraction of sp³-hybridized carbons (Fsp3) is 0.929. The quantitative estimate of drug-likeness (QED) is 0.852. The van der Waals surface area contributed by atoms with E-state index in [0.717, 1.165) is 51.6 Å². The Bertz CT molecular complexity index is 312. The molecule has 2 aliphatic rings. The molecule has 0 bridgehead atoms. The van der Waals surface area contributed by atoms with Gasteiger partial charge in [-0.25, -0.2) is 4.79 Å². The van der Waals surface area contributed by atoms with E-state index in [2.05, 4.69) is 24.1 Å². The van der Waals surface area contributed by atoms with Gasteiger partial charge < -0.3 is 15.0 Å². The first-order valence-electron chi connectivity index (χ1n) is 7.53. The van der Waals surface area contributed by atoms with Gasteiger partial charge in [0.2, 0.25) is 0 Å². The zero-order valence-corrected chi connectivity index (χ0v) is 13.5. The molecule has 1 N–H and O–H groups in total. The lowest BCUT2D eigenvalue weighted by Crippen LogP contribution is -2.56. The molecule has 0 aromatic heterocycles. The maximum atomic E-state index is 12.2. The number of morpholine rings is 1. The molecular formula is C14H27N3O2S. The van der Waals surface area contributed by atoms with Crippen molar-refractivity contribution in [2.75, 3.05) is 57.4 Å². The zero-order valence-electron chi connectivity index (χ0n) is 12.7. The van der Waals surface area contributed by atoms with Crippen molar-refractivity contribution in [2.24, 2.45) is 0 Å². The summed E-state index contributed by atoms with van der Waals surface area (Å²) >= 11 is 1.94. The van der Waals surface area contributed by atoms with Gasteiger partial charge in [-0.15, -0.1) is 0 Å². The maximum Gasteiger partial charge on any atom is 0.317 e. The van der Waals surface area contributed by atoms with Crippen molar-refractivity contribution in [1.82, 2.24) is 15.1 Å². The number of nitrogens with zero attached hydrogens (tertiary/aromatic N) is 2. The molecule has 0 aliphatic carbocycles. The highest BCUT2D eigenvalue weighted by atomic mass is 32.2. The van der Waals surface area contributed by atoms with E-state index < -0.39 is 0 Å². The molecule has 116 valence electrons. The molecule has 0 radical (unpaired) electrons. The second kappa shape index (κ2) is 7.52. The summed E-state index contributed by atoms with van der Waals surface area (Å²) in [5.41, 5.74) is -0.0138. The first kappa shape index (κ1) is 15.9. The van der Waals surface area contributed by atoms with Gasteiger partial charge >= 0.3 is 6.03 Å². The first-order chi connectivity index (χ1) is 9.59. The highest BCUT2D eigenvalue weighted by Gasteiger charge is 2.29. The van der Waals surface area contributed by atoms with Gasteiger partial charge in [-0.3, -0.25) is 4.90 Å². The molecule has 0 saturated carbocycles. The molecule has 2 rings (SSSR count). The molecule has 0 atom stereocenters. The molecule has 2 fully saturated rings. The minimum absolute atomic E-state index is 0.0138. The van der Waals surface area contributed by atoms with E-state index in [4.69, 9.17) is 4.74 Å². The molecule has 0 spiro atoms. The summed E-state index contributed by atoms with van der Waals surface area (Å²) in [5, 5.41) is 3.11. The Hall–Kier alpha value is -0.460. The molecule has 0 unspecified atom stereocenters. The van der Waals surface area contributed by atoms with Crippen LogP contribution in [0.2, 0.25) is 0 Å². The number of rotatable bonds is 3. The molecule has 2 saturated heterocycles. The second-order valence-corrected chi connectivity index (χ2v) is 7.25. The Morgan fingerprint density at radius 3 is 2.70 bits per heavy atom. The average molecular weight is 301 g/mol. The van der Waals surface area contributed by atoms with Crippen molar-refractivity contribution in [3.63, 3.8) is 0 Å². The van der Waals surface area contributed by atoms with E-state index in [9.17, 15) is 4.79 Å². The van der Waals surface area contributed by atoms with Crippen molar-refractivity contribution < 1.29 is 9.53 Å². The smallest absolute Gasteiger partial charge is 0.317 e. The minimum atomic E-state index is -0.0138. The molecule has 6 heteroatoms. The Balaban J connectivity index is 1.78. The van der Waals surface area contributed by atoms with E-state index in [1.165, 1.54) is 5.75 Å². The number of hydrogen-bond acceptors (Lipinski definition) is 4. The number of amides is 2. The van der Waals surface area contributed by atoms with Crippen LogP contribution in [0.25, 0.3) is 0 Å². The van der Waals surface area contributed by atoms with Gasteiger partial charge in [-0.2, -0.15) is 11.8 Å². The van der Waals surface area contributed by atoms with Crippen molar-refractivity contribution in [3.8, 4) is 0 Å². The topological polar surface area (TPSA) is 44.8 Å². The largest absolute Gasteiger partial charge is 0.379 e. The Morgan fingerprint density at radius 1 is 1.20 bits per heavy atom. The van der Waals surface area contributed by atoms with Gasteiger partial charge in [0.25, 0.3) is 0 Å². The van der Waals surface area contributed by atoms with Crippen LogP contribution < -0.4 is 5.32 Å². The second-order valence-electron chi connectivity index (χ2n) is 6.02. The summed E-state index contributed by atoms with van der Waals surface area (Å²) in [5.74, 6) is 2.23. The summed E-state index contributed by atoms with van der Waals surface area (Å²) in [6.45, 7) is 10.3. The molecule has 0 aromatic carbocycles. The number of nitrogens with one attached hydrogen (secondary N) is 1. The molecule has 2 heterocycles. The van der Waals surface area contributed by atoms with Crippen LogP contribution in [0.5, 0.6) is 0 Å². The molecule has 0 aromatic rings. The van der Waals surface area contributed by atoms with Crippen LogP contribution in [-0.2, 0) is 4.74 Å². The SMILES string of the molecule is CC(C)(CNC(=O)N1CCCSCC1)N1CCOCC1. The number of thioether (sulfide) groups is 1. The molecule has 20 heavy (non-hydrogen) atoms. The number of ether oxygens (including phenoxy) is 1. The number of hydrogen-bond donors (Lipinski definition) is 1. The highest BCUT2D eigenvalue weighted by Crippen LogP contribution is 2.15. The van der Waals surface area contributed by atoms with E-state index in [0.29, 0.717) is 6.54 Å². The Labute approximate surface area is 126 Å². The third kappa shape index (κ3) is 4.53. The standard InChI is InChI=1S/C14H27N3O2S/c1-14(2,17-5-8-19-9-6-17)12-15-13(18)16-4-3-10-20-11-7-16/h3-12H2,1-2H3,(H,15,18). The minimum Gasteiger partial charge on any atom is -0.379 e.